The van der Waals surface area contributed by atoms with Crippen LogP contribution < -0.4 is 5.32 Å². The fraction of sp³-hybridized carbons (Fsp3) is 0.533. The van der Waals surface area contributed by atoms with Crippen molar-refractivity contribution >= 4 is 0 Å². The second kappa shape index (κ2) is 7.86. The molecule has 18 heavy (non-hydrogen) atoms. The average Bonchev–Trinajstić information content (AvgIpc) is 2.43. The first kappa shape index (κ1) is 14.7. The van der Waals surface area contributed by atoms with Crippen LogP contribution in [0, 0.1) is 11.3 Å². The summed E-state index contributed by atoms with van der Waals surface area (Å²) < 4.78 is 5.56. The van der Waals surface area contributed by atoms with Gasteiger partial charge in [-0.05, 0) is 32.4 Å². The van der Waals surface area contributed by atoms with Crippen LogP contribution in [0.3, 0.4) is 0 Å². The molecule has 0 spiro atoms. The molecule has 0 amide bonds. The molecule has 1 unspecified atom stereocenters. The molecule has 1 atom stereocenters. The van der Waals surface area contributed by atoms with Gasteiger partial charge in [0.2, 0.25) is 0 Å². The van der Waals surface area contributed by atoms with Crippen LogP contribution in [-0.2, 0) is 11.2 Å². The van der Waals surface area contributed by atoms with E-state index in [1.165, 1.54) is 5.56 Å². The van der Waals surface area contributed by atoms with E-state index in [4.69, 9.17) is 10.00 Å². The zero-order valence-corrected chi connectivity index (χ0v) is 11.3. The Kier molecular flexibility index (Phi) is 6.42. The van der Waals surface area contributed by atoms with E-state index in [0.29, 0.717) is 13.0 Å². The number of nitrogens with one attached hydrogen (secondary N) is 1. The molecule has 0 saturated heterocycles. The van der Waals surface area contributed by atoms with E-state index in [9.17, 15) is 0 Å². The smallest absolute Gasteiger partial charge is 0.105 e. The first-order valence-corrected chi connectivity index (χ1v) is 6.42. The van der Waals surface area contributed by atoms with Crippen LogP contribution in [0.1, 0.15) is 25.3 Å². The Morgan fingerprint density at radius 1 is 1.28 bits per heavy atom. The van der Waals surface area contributed by atoms with E-state index in [2.05, 4.69) is 35.7 Å². The van der Waals surface area contributed by atoms with Crippen molar-refractivity contribution in [2.24, 2.45) is 0 Å². The summed E-state index contributed by atoms with van der Waals surface area (Å²) >= 11 is 0. The maximum Gasteiger partial charge on any atom is 0.105 e. The topological polar surface area (TPSA) is 45.0 Å². The molecule has 1 aromatic rings. The van der Waals surface area contributed by atoms with Gasteiger partial charge in [-0.2, -0.15) is 5.26 Å². The Labute approximate surface area is 110 Å². The SMILES string of the molecule is CNC(C)(C#N)CCOCCCc1ccccc1. The van der Waals surface area contributed by atoms with Gasteiger partial charge < -0.3 is 10.1 Å². The minimum absolute atomic E-state index is 0.473. The summed E-state index contributed by atoms with van der Waals surface area (Å²) in [5, 5.41) is 12.0. The molecule has 0 radical (unpaired) electrons. The standard InChI is InChI=1S/C15H22N2O/c1-15(13-16,17-2)10-12-18-11-6-9-14-7-4-3-5-8-14/h3-5,7-8,17H,6,9-12H2,1-2H3. The Morgan fingerprint density at radius 3 is 2.61 bits per heavy atom. The second-order valence-corrected chi connectivity index (χ2v) is 4.65. The number of nitrogens with zero attached hydrogens (tertiary/aromatic N) is 1. The van der Waals surface area contributed by atoms with Crippen LogP contribution in [0.15, 0.2) is 30.3 Å². The number of ether oxygens (including phenoxy) is 1. The maximum absolute atomic E-state index is 8.97. The number of rotatable bonds is 8. The summed E-state index contributed by atoms with van der Waals surface area (Å²) in [6, 6.07) is 12.7. The third-order valence-electron chi connectivity index (χ3n) is 3.14. The van der Waals surface area contributed by atoms with Crippen LogP contribution in [0.4, 0.5) is 0 Å². The van der Waals surface area contributed by atoms with Gasteiger partial charge in [0.15, 0.2) is 0 Å². The molecular weight excluding hydrogens is 224 g/mol. The van der Waals surface area contributed by atoms with Gasteiger partial charge in [0.05, 0.1) is 6.07 Å². The Morgan fingerprint density at radius 2 is 2.00 bits per heavy atom. The molecule has 3 heteroatoms. The predicted molar refractivity (Wildman–Crippen MR) is 73.3 cm³/mol. The van der Waals surface area contributed by atoms with Gasteiger partial charge in [-0.1, -0.05) is 30.3 Å². The number of aryl methyl sites for hydroxylation is 1. The van der Waals surface area contributed by atoms with Gasteiger partial charge in [-0.15, -0.1) is 0 Å². The van der Waals surface area contributed by atoms with Gasteiger partial charge >= 0.3 is 0 Å². The molecule has 1 rings (SSSR count). The molecule has 0 saturated carbocycles. The second-order valence-electron chi connectivity index (χ2n) is 4.65. The van der Waals surface area contributed by atoms with E-state index >= 15 is 0 Å². The summed E-state index contributed by atoms with van der Waals surface area (Å²) in [5.41, 5.74) is 0.873. The van der Waals surface area contributed by atoms with Gasteiger partial charge in [0, 0.05) is 19.6 Å². The normalized spacial score (nSPS) is 13.8. The molecule has 98 valence electrons. The molecule has 3 nitrogen and oxygen atoms in total. The number of hydrogen-bond donors (Lipinski definition) is 1. The molecule has 1 aromatic carbocycles. The van der Waals surface area contributed by atoms with Gasteiger partial charge in [-0.3, -0.25) is 0 Å². The van der Waals surface area contributed by atoms with E-state index in [-0.39, 0.29) is 0 Å². The summed E-state index contributed by atoms with van der Waals surface area (Å²) in [4.78, 5) is 0. The lowest BCUT2D eigenvalue weighted by Crippen LogP contribution is -2.39. The lowest BCUT2D eigenvalue weighted by atomic mass is 10.0. The minimum Gasteiger partial charge on any atom is -0.381 e. The van der Waals surface area contributed by atoms with Crippen LogP contribution >= 0.6 is 0 Å². The summed E-state index contributed by atoms with van der Waals surface area (Å²) in [7, 11) is 1.80. The highest BCUT2D eigenvalue weighted by atomic mass is 16.5. The molecule has 0 bridgehead atoms. The van der Waals surface area contributed by atoms with Crippen molar-refractivity contribution in [2.45, 2.75) is 31.7 Å². The van der Waals surface area contributed by atoms with Crippen LogP contribution in [0.25, 0.3) is 0 Å². The largest absolute Gasteiger partial charge is 0.381 e. The summed E-state index contributed by atoms with van der Waals surface area (Å²) in [6.45, 7) is 3.26. The van der Waals surface area contributed by atoms with Gasteiger partial charge in [0.1, 0.15) is 5.54 Å². The lowest BCUT2D eigenvalue weighted by molar-refractivity contribution is 0.117. The zero-order valence-electron chi connectivity index (χ0n) is 11.3. The van der Waals surface area contributed by atoms with Crippen LogP contribution in [0.5, 0.6) is 0 Å². The van der Waals surface area contributed by atoms with E-state index < -0.39 is 5.54 Å². The molecule has 0 aliphatic rings. The lowest BCUT2D eigenvalue weighted by Gasteiger charge is -2.20. The number of nitriles is 1. The highest BCUT2D eigenvalue weighted by Gasteiger charge is 2.20. The third-order valence-corrected chi connectivity index (χ3v) is 3.14. The molecule has 0 aromatic heterocycles. The monoisotopic (exact) mass is 246 g/mol. The average molecular weight is 246 g/mol. The fourth-order valence-corrected chi connectivity index (χ4v) is 1.64. The molecule has 0 aliphatic heterocycles. The van der Waals surface area contributed by atoms with Crippen molar-refractivity contribution in [3.05, 3.63) is 35.9 Å². The van der Waals surface area contributed by atoms with Crippen molar-refractivity contribution in [1.82, 2.24) is 5.32 Å². The molecule has 0 heterocycles. The third kappa shape index (κ3) is 5.31. The van der Waals surface area contributed by atoms with E-state index in [1.807, 2.05) is 13.0 Å². The van der Waals surface area contributed by atoms with E-state index in [0.717, 1.165) is 19.4 Å². The van der Waals surface area contributed by atoms with Gasteiger partial charge in [0.25, 0.3) is 0 Å². The summed E-state index contributed by atoms with van der Waals surface area (Å²) in [5.74, 6) is 0. The van der Waals surface area contributed by atoms with E-state index in [1.54, 1.807) is 7.05 Å². The molecule has 1 N–H and O–H groups in total. The van der Waals surface area contributed by atoms with Crippen molar-refractivity contribution in [2.75, 3.05) is 20.3 Å². The van der Waals surface area contributed by atoms with Crippen molar-refractivity contribution in [3.8, 4) is 6.07 Å². The first-order valence-electron chi connectivity index (χ1n) is 6.42. The van der Waals surface area contributed by atoms with Crippen LogP contribution in [-0.4, -0.2) is 25.8 Å². The first-order chi connectivity index (χ1) is 8.70. The van der Waals surface area contributed by atoms with Crippen molar-refractivity contribution in [3.63, 3.8) is 0 Å². The quantitative estimate of drug-likeness (QED) is 0.717. The van der Waals surface area contributed by atoms with Crippen molar-refractivity contribution in [1.29, 1.82) is 5.26 Å². The molecular formula is C15H22N2O. The van der Waals surface area contributed by atoms with Gasteiger partial charge in [-0.25, -0.2) is 0 Å². The van der Waals surface area contributed by atoms with Crippen LogP contribution in [0.2, 0.25) is 0 Å². The molecule has 0 fully saturated rings. The van der Waals surface area contributed by atoms with Crippen molar-refractivity contribution < 1.29 is 4.74 Å². The fourth-order valence-electron chi connectivity index (χ4n) is 1.64. The Bertz CT molecular complexity index is 372. The Balaban J connectivity index is 2.08. The minimum atomic E-state index is -0.473. The highest BCUT2D eigenvalue weighted by molar-refractivity contribution is 5.14. The highest BCUT2D eigenvalue weighted by Crippen LogP contribution is 2.07. The zero-order chi connectivity index (χ0) is 13.3. The number of hydrogen-bond acceptors (Lipinski definition) is 3. The predicted octanol–water partition coefficient (Wildman–Crippen LogP) is 2.53. The number of benzene rings is 1. The maximum atomic E-state index is 8.97. The molecule has 0 aliphatic carbocycles. The summed E-state index contributed by atoms with van der Waals surface area (Å²) in [6.07, 6.45) is 2.78. The Hall–Kier alpha value is -1.37.